The van der Waals surface area contributed by atoms with Gasteiger partial charge >= 0.3 is 0 Å². The Bertz CT molecular complexity index is 1150. The highest BCUT2D eigenvalue weighted by atomic mass is 16.5. The lowest BCUT2D eigenvalue weighted by atomic mass is 9.88. The number of carbonyl (C=O) groups excluding carboxylic acids is 1. The van der Waals surface area contributed by atoms with E-state index in [9.17, 15) is 9.90 Å². The summed E-state index contributed by atoms with van der Waals surface area (Å²) in [5.74, 6) is 1.06. The number of hydrogen-bond acceptors (Lipinski definition) is 5. The van der Waals surface area contributed by atoms with Gasteiger partial charge in [0.25, 0.3) is 0 Å². The zero-order valence-corrected chi connectivity index (χ0v) is 19.0. The second kappa shape index (κ2) is 9.04. The van der Waals surface area contributed by atoms with Crippen molar-refractivity contribution in [3.05, 3.63) is 54.2 Å². The number of ether oxygens (including phenoxy) is 1. The number of nitrogens with zero attached hydrogens (tertiary/aromatic N) is 3. The largest absolute Gasteiger partial charge is 0.508 e. The summed E-state index contributed by atoms with van der Waals surface area (Å²) in [6.45, 7) is 2.72. The molecule has 4 rings (SSSR count). The van der Waals surface area contributed by atoms with Crippen molar-refractivity contribution in [2.75, 3.05) is 27.7 Å². The summed E-state index contributed by atoms with van der Waals surface area (Å²) in [5, 5.41) is 17.9. The highest BCUT2D eigenvalue weighted by Crippen LogP contribution is 2.37. The molecule has 0 bridgehead atoms. The first-order valence-electron chi connectivity index (χ1n) is 10.8. The second-order valence-corrected chi connectivity index (χ2v) is 8.78. The normalized spacial score (nSPS) is 18.3. The molecule has 0 unspecified atom stereocenters. The monoisotopic (exact) mass is 434 g/mol. The van der Waals surface area contributed by atoms with Crippen LogP contribution in [0.1, 0.15) is 18.4 Å². The molecule has 1 amide bonds. The van der Waals surface area contributed by atoms with Crippen LogP contribution in [0, 0.1) is 6.92 Å². The number of likely N-dealkylation sites (N-methyl/N-ethyl adjacent to an activating group) is 2. The summed E-state index contributed by atoms with van der Waals surface area (Å²) < 4.78 is 6.35. The predicted molar refractivity (Wildman–Crippen MR) is 126 cm³/mol. The number of nitrogens with one attached hydrogen (secondary N) is 1. The van der Waals surface area contributed by atoms with Crippen molar-refractivity contribution in [2.45, 2.75) is 31.9 Å². The van der Waals surface area contributed by atoms with E-state index in [1.54, 1.807) is 29.3 Å². The number of carbonyl (C=O) groups is 1. The molecule has 1 aliphatic rings. The molecule has 7 heteroatoms. The van der Waals surface area contributed by atoms with E-state index >= 15 is 0 Å². The van der Waals surface area contributed by atoms with Crippen LogP contribution in [0.4, 0.5) is 0 Å². The van der Waals surface area contributed by atoms with Gasteiger partial charge in [-0.05, 0) is 62.0 Å². The fourth-order valence-corrected chi connectivity index (χ4v) is 4.04. The van der Waals surface area contributed by atoms with Gasteiger partial charge in [-0.25, -0.2) is 0 Å². The first-order chi connectivity index (χ1) is 15.3. The number of benzene rings is 2. The standard InChI is InChI=1S/C25H30N4O3/c1-16-10-19(30)7-8-21(16)17-11-23-22(15-26-27-23)24(12-17)32-20-13-18(14-20)29(4)25(31)6-5-9-28(2)3/h5-8,10-12,15,18,20,30H,9,13-14H2,1-4H3,(H,26,27)/b6-5-. The first-order valence-corrected chi connectivity index (χ1v) is 10.8. The van der Waals surface area contributed by atoms with Crippen molar-refractivity contribution in [1.29, 1.82) is 0 Å². The average molecular weight is 435 g/mol. The third-order valence-electron chi connectivity index (χ3n) is 6.03. The minimum absolute atomic E-state index is 0.0253. The van der Waals surface area contributed by atoms with Gasteiger partial charge in [0.1, 0.15) is 17.6 Å². The first kappa shape index (κ1) is 21.9. The third-order valence-corrected chi connectivity index (χ3v) is 6.03. The zero-order valence-electron chi connectivity index (χ0n) is 19.0. The van der Waals surface area contributed by atoms with E-state index in [4.69, 9.17) is 4.74 Å². The molecule has 0 radical (unpaired) electrons. The number of phenolic OH excluding ortho intramolecular Hbond substituents is 1. The number of aromatic amines is 1. The third kappa shape index (κ3) is 4.62. The molecule has 1 heterocycles. The van der Waals surface area contributed by atoms with Crippen molar-refractivity contribution in [2.24, 2.45) is 0 Å². The number of hydrogen-bond donors (Lipinski definition) is 2. The summed E-state index contributed by atoms with van der Waals surface area (Å²) in [6, 6.07) is 9.61. The van der Waals surface area contributed by atoms with Gasteiger partial charge in [-0.3, -0.25) is 9.89 Å². The number of rotatable bonds is 7. The molecule has 0 aliphatic heterocycles. The molecule has 0 saturated heterocycles. The molecule has 2 N–H and O–H groups in total. The van der Waals surface area contributed by atoms with E-state index < -0.39 is 0 Å². The summed E-state index contributed by atoms with van der Waals surface area (Å²) in [5.41, 5.74) is 3.93. The Morgan fingerprint density at radius 1 is 1.25 bits per heavy atom. The summed E-state index contributed by atoms with van der Waals surface area (Å²) in [7, 11) is 5.80. The molecule has 0 atom stereocenters. The molecule has 32 heavy (non-hydrogen) atoms. The Labute approximate surface area is 188 Å². The Hall–Kier alpha value is -3.32. The Balaban J connectivity index is 1.46. The van der Waals surface area contributed by atoms with E-state index in [1.807, 2.05) is 57.2 Å². The van der Waals surface area contributed by atoms with Gasteiger partial charge in [-0.2, -0.15) is 5.10 Å². The van der Waals surface area contributed by atoms with E-state index in [0.29, 0.717) is 0 Å². The maximum Gasteiger partial charge on any atom is 0.246 e. The molecule has 2 aromatic carbocycles. The second-order valence-electron chi connectivity index (χ2n) is 8.78. The lowest BCUT2D eigenvalue weighted by Crippen LogP contribution is -2.49. The summed E-state index contributed by atoms with van der Waals surface area (Å²) >= 11 is 0. The number of aryl methyl sites for hydroxylation is 1. The van der Waals surface area contributed by atoms with Gasteiger partial charge in [-0.1, -0.05) is 12.1 Å². The van der Waals surface area contributed by atoms with Crippen LogP contribution in [-0.2, 0) is 4.79 Å². The van der Waals surface area contributed by atoms with Crippen LogP contribution in [0.25, 0.3) is 22.0 Å². The van der Waals surface area contributed by atoms with Crippen molar-refractivity contribution in [3.63, 3.8) is 0 Å². The molecule has 1 fully saturated rings. The Morgan fingerprint density at radius 3 is 2.75 bits per heavy atom. The predicted octanol–water partition coefficient (Wildman–Crippen LogP) is 3.73. The molecule has 1 saturated carbocycles. The minimum Gasteiger partial charge on any atom is -0.508 e. The fourth-order valence-electron chi connectivity index (χ4n) is 4.04. The molecular weight excluding hydrogens is 404 g/mol. The van der Waals surface area contributed by atoms with Crippen LogP contribution in [0.3, 0.4) is 0 Å². The van der Waals surface area contributed by atoms with Crippen molar-refractivity contribution in [3.8, 4) is 22.6 Å². The fraction of sp³-hybridized carbons (Fsp3) is 0.360. The lowest BCUT2D eigenvalue weighted by Gasteiger charge is -2.40. The average Bonchev–Trinajstić information content (AvgIpc) is 3.18. The Morgan fingerprint density at radius 2 is 2.03 bits per heavy atom. The van der Waals surface area contributed by atoms with E-state index in [0.717, 1.165) is 52.7 Å². The van der Waals surface area contributed by atoms with Crippen molar-refractivity contribution < 1.29 is 14.6 Å². The van der Waals surface area contributed by atoms with E-state index in [1.165, 1.54) is 0 Å². The maximum atomic E-state index is 12.4. The van der Waals surface area contributed by atoms with Crippen LogP contribution in [0.2, 0.25) is 0 Å². The molecule has 1 aromatic heterocycles. The van der Waals surface area contributed by atoms with Gasteiger partial charge < -0.3 is 19.6 Å². The van der Waals surface area contributed by atoms with Gasteiger partial charge in [0.15, 0.2) is 0 Å². The van der Waals surface area contributed by atoms with Crippen LogP contribution in [0.5, 0.6) is 11.5 Å². The highest BCUT2D eigenvalue weighted by Gasteiger charge is 2.35. The molecule has 7 nitrogen and oxygen atoms in total. The quantitative estimate of drug-likeness (QED) is 0.554. The van der Waals surface area contributed by atoms with Crippen LogP contribution >= 0.6 is 0 Å². The number of phenols is 1. The minimum atomic E-state index is 0.0253. The van der Waals surface area contributed by atoms with Crippen LogP contribution in [0.15, 0.2) is 48.7 Å². The molecule has 0 spiro atoms. The number of aromatic nitrogens is 2. The van der Waals surface area contributed by atoms with Gasteiger partial charge in [-0.15, -0.1) is 0 Å². The van der Waals surface area contributed by atoms with Crippen LogP contribution in [-0.4, -0.2) is 70.8 Å². The highest BCUT2D eigenvalue weighted by molar-refractivity contribution is 5.90. The van der Waals surface area contributed by atoms with Gasteiger partial charge in [0.2, 0.25) is 5.91 Å². The summed E-state index contributed by atoms with van der Waals surface area (Å²) in [6.07, 6.45) is 6.96. The van der Waals surface area contributed by atoms with Crippen LogP contribution < -0.4 is 4.74 Å². The lowest BCUT2D eigenvalue weighted by molar-refractivity contribution is -0.130. The molecule has 168 valence electrons. The number of amides is 1. The van der Waals surface area contributed by atoms with E-state index in [-0.39, 0.29) is 23.8 Å². The smallest absolute Gasteiger partial charge is 0.246 e. The van der Waals surface area contributed by atoms with Crippen molar-refractivity contribution >= 4 is 16.8 Å². The van der Waals surface area contributed by atoms with E-state index in [2.05, 4.69) is 10.2 Å². The molecule has 1 aliphatic carbocycles. The topological polar surface area (TPSA) is 81.7 Å². The van der Waals surface area contributed by atoms with Gasteiger partial charge in [0.05, 0.1) is 17.1 Å². The molecule has 3 aromatic rings. The SMILES string of the molecule is Cc1cc(O)ccc1-c1cc(OC2CC(N(C)C(=O)/C=C\CN(C)C)C2)c2cn[nH]c2c1. The Kier molecular flexibility index (Phi) is 6.19. The zero-order chi connectivity index (χ0) is 22.8. The van der Waals surface area contributed by atoms with Crippen molar-refractivity contribution in [1.82, 2.24) is 20.0 Å². The number of fused-ring (bicyclic) bond motifs is 1. The molecular formula is C25H30N4O3. The maximum absolute atomic E-state index is 12.4. The van der Waals surface area contributed by atoms with Gasteiger partial charge in [0, 0.05) is 38.6 Å². The number of H-pyrrole nitrogens is 1. The number of aromatic hydroxyl groups is 1. The summed E-state index contributed by atoms with van der Waals surface area (Å²) in [4.78, 5) is 16.2.